The van der Waals surface area contributed by atoms with E-state index in [1.807, 2.05) is 66.7 Å². The molecule has 3 aromatic rings. The standard InChI is InChI=1S/C20H18N2O2/c1-15(23)21-20-18(14-17-10-6-3-7-11-17)22-19(24-20)13-12-16-8-4-2-5-9-16/h2-13H,14H2,1H3,(H,21,23). The maximum absolute atomic E-state index is 11.4. The third-order valence-electron chi connectivity index (χ3n) is 3.44. The quantitative estimate of drug-likeness (QED) is 0.759. The fraction of sp³-hybridized carbons (Fsp3) is 0.100. The van der Waals surface area contributed by atoms with Gasteiger partial charge in [-0.25, -0.2) is 4.98 Å². The van der Waals surface area contributed by atoms with Gasteiger partial charge in [-0.15, -0.1) is 0 Å². The topological polar surface area (TPSA) is 55.1 Å². The highest BCUT2D eigenvalue weighted by atomic mass is 16.4. The molecule has 0 saturated carbocycles. The van der Waals surface area contributed by atoms with Crippen molar-refractivity contribution in [2.75, 3.05) is 5.32 Å². The number of nitrogens with one attached hydrogen (secondary N) is 1. The van der Waals surface area contributed by atoms with Crippen LogP contribution in [-0.2, 0) is 11.2 Å². The van der Waals surface area contributed by atoms with Gasteiger partial charge >= 0.3 is 0 Å². The number of anilines is 1. The van der Waals surface area contributed by atoms with Crippen molar-refractivity contribution in [1.82, 2.24) is 4.98 Å². The molecule has 0 fully saturated rings. The van der Waals surface area contributed by atoms with Crippen molar-refractivity contribution in [2.24, 2.45) is 0 Å². The van der Waals surface area contributed by atoms with E-state index in [1.54, 1.807) is 6.08 Å². The third kappa shape index (κ3) is 4.20. The van der Waals surface area contributed by atoms with E-state index in [4.69, 9.17) is 4.42 Å². The molecule has 4 nitrogen and oxygen atoms in total. The van der Waals surface area contributed by atoms with Crippen molar-refractivity contribution in [3.63, 3.8) is 0 Å². The van der Waals surface area contributed by atoms with Crippen LogP contribution >= 0.6 is 0 Å². The van der Waals surface area contributed by atoms with Gasteiger partial charge in [0, 0.05) is 19.4 Å². The highest BCUT2D eigenvalue weighted by Crippen LogP contribution is 2.22. The lowest BCUT2D eigenvalue weighted by Gasteiger charge is -2.01. The summed E-state index contributed by atoms with van der Waals surface area (Å²) in [7, 11) is 0. The third-order valence-corrected chi connectivity index (χ3v) is 3.44. The Kier molecular flexibility index (Phi) is 4.87. The van der Waals surface area contributed by atoms with E-state index in [2.05, 4.69) is 10.3 Å². The zero-order valence-corrected chi connectivity index (χ0v) is 13.4. The van der Waals surface area contributed by atoms with Crippen LogP contribution in [0.5, 0.6) is 0 Å². The number of hydrogen-bond acceptors (Lipinski definition) is 3. The van der Waals surface area contributed by atoms with Gasteiger partial charge in [-0.05, 0) is 17.2 Å². The normalized spacial score (nSPS) is 10.9. The second kappa shape index (κ2) is 7.42. The Labute approximate surface area is 140 Å². The zero-order valence-electron chi connectivity index (χ0n) is 13.4. The first-order valence-corrected chi connectivity index (χ1v) is 7.75. The molecule has 0 bridgehead atoms. The van der Waals surface area contributed by atoms with Gasteiger partial charge in [0.15, 0.2) is 0 Å². The van der Waals surface area contributed by atoms with Crippen LogP contribution in [0.2, 0.25) is 0 Å². The molecule has 0 aliphatic rings. The molecular weight excluding hydrogens is 300 g/mol. The van der Waals surface area contributed by atoms with Gasteiger partial charge in [0.25, 0.3) is 0 Å². The van der Waals surface area contributed by atoms with Crippen molar-refractivity contribution < 1.29 is 9.21 Å². The van der Waals surface area contributed by atoms with E-state index < -0.39 is 0 Å². The largest absolute Gasteiger partial charge is 0.421 e. The van der Waals surface area contributed by atoms with Crippen LogP contribution in [0.1, 0.15) is 29.6 Å². The van der Waals surface area contributed by atoms with Crippen molar-refractivity contribution in [3.8, 4) is 0 Å². The minimum absolute atomic E-state index is 0.181. The predicted octanol–water partition coefficient (Wildman–Crippen LogP) is 4.39. The van der Waals surface area contributed by atoms with E-state index in [-0.39, 0.29) is 5.91 Å². The molecule has 24 heavy (non-hydrogen) atoms. The Balaban J connectivity index is 1.85. The molecule has 2 aromatic carbocycles. The van der Waals surface area contributed by atoms with E-state index in [0.29, 0.717) is 23.9 Å². The maximum Gasteiger partial charge on any atom is 0.224 e. The number of carbonyl (C=O) groups is 1. The first kappa shape index (κ1) is 15.7. The highest BCUT2D eigenvalue weighted by Gasteiger charge is 2.13. The summed E-state index contributed by atoms with van der Waals surface area (Å²) < 4.78 is 5.69. The summed E-state index contributed by atoms with van der Waals surface area (Å²) in [5.41, 5.74) is 2.88. The van der Waals surface area contributed by atoms with Gasteiger partial charge in [0.2, 0.25) is 17.7 Å². The fourth-order valence-electron chi connectivity index (χ4n) is 2.34. The number of amides is 1. The molecule has 0 spiro atoms. The monoisotopic (exact) mass is 318 g/mol. The van der Waals surface area contributed by atoms with Gasteiger partial charge in [-0.1, -0.05) is 60.7 Å². The molecule has 1 aromatic heterocycles. The van der Waals surface area contributed by atoms with Crippen LogP contribution < -0.4 is 5.32 Å². The van der Waals surface area contributed by atoms with Crippen molar-refractivity contribution in [1.29, 1.82) is 0 Å². The predicted molar refractivity (Wildman–Crippen MR) is 95.4 cm³/mol. The second-order valence-electron chi connectivity index (χ2n) is 5.42. The number of oxazole rings is 1. The minimum Gasteiger partial charge on any atom is -0.421 e. The summed E-state index contributed by atoms with van der Waals surface area (Å²) in [6.07, 6.45) is 4.32. The average Bonchev–Trinajstić information content (AvgIpc) is 2.96. The molecule has 0 radical (unpaired) electrons. The van der Waals surface area contributed by atoms with Crippen LogP contribution in [0.25, 0.3) is 12.2 Å². The zero-order chi connectivity index (χ0) is 16.8. The van der Waals surface area contributed by atoms with Gasteiger partial charge in [0.1, 0.15) is 5.69 Å². The molecule has 0 saturated heterocycles. The summed E-state index contributed by atoms with van der Waals surface area (Å²) in [6, 6.07) is 19.9. The number of aromatic nitrogens is 1. The summed E-state index contributed by atoms with van der Waals surface area (Å²) in [5, 5.41) is 2.71. The van der Waals surface area contributed by atoms with Gasteiger partial charge < -0.3 is 4.42 Å². The van der Waals surface area contributed by atoms with E-state index >= 15 is 0 Å². The lowest BCUT2D eigenvalue weighted by molar-refractivity contribution is -0.114. The van der Waals surface area contributed by atoms with Crippen molar-refractivity contribution in [2.45, 2.75) is 13.3 Å². The number of benzene rings is 2. The Morgan fingerprint density at radius 3 is 2.38 bits per heavy atom. The van der Waals surface area contributed by atoms with Gasteiger partial charge in [-0.2, -0.15) is 0 Å². The molecule has 0 aliphatic carbocycles. The van der Waals surface area contributed by atoms with Gasteiger partial charge in [0.05, 0.1) is 0 Å². The number of hydrogen-bond donors (Lipinski definition) is 1. The Bertz CT molecular complexity index is 837. The van der Waals surface area contributed by atoms with Crippen LogP contribution in [0.4, 0.5) is 5.88 Å². The lowest BCUT2D eigenvalue weighted by Crippen LogP contribution is -2.07. The van der Waals surface area contributed by atoms with Crippen LogP contribution in [0.15, 0.2) is 65.1 Å². The minimum atomic E-state index is -0.181. The summed E-state index contributed by atoms with van der Waals surface area (Å²) in [5.74, 6) is 0.687. The Hall–Kier alpha value is -3.14. The second-order valence-corrected chi connectivity index (χ2v) is 5.42. The summed E-state index contributed by atoms with van der Waals surface area (Å²) in [6.45, 7) is 1.45. The van der Waals surface area contributed by atoms with E-state index in [0.717, 1.165) is 11.1 Å². The number of rotatable bonds is 5. The smallest absolute Gasteiger partial charge is 0.224 e. The molecular formula is C20H18N2O2. The lowest BCUT2D eigenvalue weighted by atomic mass is 10.1. The SMILES string of the molecule is CC(=O)Nc1oc(C=Cc2ccccc2)nc1Cc1ccccc1. The first-order valence-electron chi connectivity index (χ1n) is 7.75. The average molecular weight is 318 g/mol. The van der Waals surface area contributed by atoms with Crippen LogP contribution in [0.3, 0.4) is 0 Å². The van der Waals surface area contributed by atoms with Gasteiger partial charge in [-0.3, -0.25) is 10.1 Å². The summed E-state index contributed by atoms with van der Waals surface area (Å²) in [4.78, 5) is 15.9. The molecule has 0 aliphatic heterocycles. The molecule has 1 heterocycles. The number of carbonyl (C=O) groups excluding carboxylic acids is 1. The Morgan fingerprint density at radius 2 is 1.71 bits per heavy atom. The van der Waals surface area contributed by atoms with Crippen molar-refractivity contribution >= 4 is 23.9 Å². The van der Waals surface area contributed by atoms with Crippen LogP contribution in [-0.4, -0.2) is 10.9 Å². The van der Waals surface area contributed by atoms with Crippen molar-refractivity contribution in [3.05, 3.63) is 83.4 Å². The molecule has 1 amide bonds. The maximum atomic E-state index is 11.4. The fourth-order valence-corrected chi connectivity index (χ4v) is 2.34. The highest BCUT2D eigenvalue weighted by molar-refractivity contribution is 5.87. The summed E-state index contributed by atoms with van der Waals surface area (Å²) >= 11 is 0. The molecule has 1 N–H and O–H groups in total. The molecule has 0 atom stereocenters. The Morgan fingerprint density at radius 1 is 1.04 bits per heavy atom. The van der Waals surface area contributed by atoms with E-state index in [1.165, 1.54) is 6.92 Å². The molecule has 3 rings (SSSR count). The molecule has 0 unspecified atom stereocenters. The van der Waals surface area contributed by atoms with Crippen LogP contribution in [0, 0.1) is 0 Å². The number of nitrogens with zero attached hydrogens (tertiary/aromatic N) is 1. The molecule has 120 valence electrons. The van der Waals surface area contributed by atoms with E-state index in [9.17, 15) is 4.79 Å². The molecule has 4 heteroatoms. The first-order chi connectivity index (χ1) is 11.7.